The summed E-state index contributed by atoms with van der Waals surface area (Å²) in [6.45, 7) is 0.0396. The third-order valence-electron chi connectivity index (χ3n) is 2.64. The Kier molecular flexibility index (Phi) is 3.06. The fourth-order valence-electron chi connectivity index (χ4n) is 1.83. The Bertz CT molecular complexity index is 446. The van der Waals surface area contributed by atoms with Crippen molar-refractivity contribution in [3.8, 4) is 17.2 Å². The number of carbonyl (C=O) groups is 1. The highest BCUT2D eigenvalue weighted by Crippen LogP contribution is 2.44. The Hall–Kier alpha value is -1.95. The molecule has 0 bridgehead atoms. The molecule has 0 spiro atoms. The molecule has 6 nitrogen and oxygen atoms in total. The quantitative estimate of drug-likeness (QED) is 0.797. The average Bonchev–Trinajstić information content (AvgIpc) is 2.77. The molecule has 17 heavy (non-hydrogen) atoms. The number of carboxylic acids is 1. The molecule has 1 aromatic carbocycles. The zero-order valence-corrected chi connectivity index (χ0v) is 9.30. The number of carboxylic acid groups (broad SMARTS) is 1. The molecule has 1 aliphatic heterocycles. The number of hydrogen-bond donors (Lipinski definition) is 2. The first kappa shape index (κ1) is 11.5. The topological polar surface area (TPSA) is 91.0 Å². The minimum atomic E-state index is -1.02. The Labute approximate surface area is 97.9 Å². The molecule has 6 heteroatoms. The first-order chi connectivity index (χ1) is 8.19. The SMILES string of the molecule is COc1ccc2c(c1C(CN)C(=O)O)OCO2. The van der Waals surface area contributed by atoms with Gasteiger partial charge in [0.05, 0.1) is 12.7 Å². The minimum absolute atomic E-state index is 0.0362. The molecule has 1 aromatic rings. The van der Waals surface area contributed by atoms with Crippen molar-refractivity contribution < 1.29 is 24.1 Å². The molecule has 1 aliphatic rings. The van der Waals surface area contributed by atoms with Gasteiger partial charge in [-0.25, -0.2) is 0 Å². The van der Waals surface area contributed by atoms with Crippen LogP contribution in [-0.4, -0.2) is 31.5 Å². The van der Waals surface area contributed by atoms with Crippen molar-refractivity contribution >= 4 is 5.97 Å². The second-order valence-corrected chi connectivity index (χ2v) is 3.54. The highest BCUT2D eigenvalue weighted by molar-refractivity contribution is 5.80. The molecular weight excluding hydrogens is 226 g/mol. The maximum absolute atomic E-state index is 11.2. The third kappa shape index (κ3) is 1.87. The van der Waals surface area contributed by atoms with E-state index in [9.17, 15) is 4.79 Å². The number of nitrogens with two attached hydrogens (primary N) is 1. The number of ether oxygens (including phenoxy) is 3. The van der Waals surface area contributed by atoms with Crippen molar-refractivity contribution in [1.29, 1.82) is 0 Å². The number of rotatable bonds is 4. The first-order valence-electron chi connectivity index (χ1n) is 5.08. The van der Waals surface area contributed by atoms with Crippen LogP contribution in [0.25, 0.3) is 0 Å². The van der Waals surface area contributed by atoms with Crippen molar-refractivity contribution in [2.24, 2.45) is 5.73 Å². The highest BCUT2D eigenvalue weighted by Gasteiger charge is 2.30. The minimum Gasteiger partial charge on any atom is -0.496 e. The third-order valence-corrected chi connectivity index (χ3v) is 2.64. The number of fused-ring (bicyclic) bond motifs is 1. The van der Waals surface area contributed by atoms with E-state index >= 15 is 0 Å². The van der Waals surface area contributed by atoms with Gasteiger partial charge >= 0.3 is 5.97 Å². The van der Waals surface area contributed by atoms with E-state index in [2.05, 4.69) is 0 Å². The molecule has 2 rings (SSSR count). The molecule has 0 saturated carbocycles. The lowest BCUT2D eigenvalue weighted by molar-refractivity contribution is -0.138. The van der Waals surface area contributed by atoms with E-state index in [-0.39, 0.29) is 13.3 Å². The van der Waals surface area contributed by atoms with E-state index in [1.807, 2.05) is 0 Å². The molecule has 0 saturated heterocycles. The van der Waals surface area contributed by atoms with Crippen LogP contribution in [0.2, 0.25) is 0 Å². The van der Waals surface area contributed by atoms with Crippen LogP contribution in [0.3, 0.4) is 0 Å². The van der Waals surface area contributed by atoms with Gasteiger partial charge in [0.1, 0.15) is 11.7 Å². The maximum Gasteiger partial charge on any atom is 0.312 e. The number of benzene rings is 1. The van der Waals surface area contributed by atoms with Gasteiger partial charge < -0.3 is 25.1 Å². The van der Waals surface area contributed by atoms with Crippen LogP contribution in [0.15, 0.2) is 12.1 Å². The predicted molar refractivity (Wildman–Crippen MR) is 58.5 cm³/mol. The molecule has 0 fully saturated rings. The lowest BCUT2D eigenvalue weighted by Gasteiger charge is -2.16. The Morgan fingerprint density at radius 1 is 1.59 bits per heavy atom. The zero-order valence-electron chi connectivity index (χ0n) is 9.30. The summed E-state index contributed by atoms with van der Waals surface area (Å²) in [6, 6.07) is 3.33. The lowest BCUT2D eigenvalue weighted by Crippen LogP contribution is -2.22. The van der Waals surface area contributed by atoms with Gasteiger partial charge in [-0.2, -0.15) is 0 Å². The normalized spacial score (nSPS) is 14.5. The van der Waals surface area contributed by atoms with Gasteiger partial charge in [0, 0.05) is 6.54 Å². The van der Waals surface area contributed by atoms with Gasteiger partial charge in [0.15, 0.2) is 11.5 Å². The monoisotopic (exact) mass is 239 g/mol. The Morgan fingerprint density at radius 2 is 2.35 bits per heavy atom. The standard InChI is InChI=1S/C11H13NO5/c1-15-7-2-3-8-10(17-5-16-8)9(7)6(4-12)11(13)14/h2-3,6H,4-5,12H2,1H3,(H,13,14). The van der Waals surface area contributed by atoms with Gasteiger partial charge in [0.25, 0.3) is 0 Å². The average molecular weight is 239 g/mol. The van der Waals surface area contributed by atoms with Crippen LogP contribution in [-0.2, 0) is 4.79 Å². The van der Waals surface area contributed by atoms with Crippen LogP contribution in [0, 0.1) is 0 Å². The summed E-state index contributed by atoms with van der Waals surface area (Å²) >= 11 is 0. The van der Waals surface area contributed by atoms with E-state index in [4.69, 9.17) is 25.1 Å². The molecule has 1 atom stereocenters. The van der Waals surface area contributed by atoms with Crippen molar-refractivity contribution in [1.82, 2.24) is 0 Å². The summed E-state index contributed by atoms with van der Waals surface area (Å²) in [4.78, 5) is 11.2. The highest BCUT2D eigenvalue weighted by atomic mass is 16.7. The fraction of sp³-hybridized carbons (Fsp3) is 0.364. The molecule has 1 heterocycles. The van der Waals surface area contributed by atoms with E-state index < -0.39 is 11.9 Å². The Morgan fingerprint density at radius 3 is 2.94 bits per heavy atom. The lowest BCUT2D eigenvalue weighted by atomic mass is 9.97. The number of methoxy groups -OCH3 is 1. The molecule has 0 amide bonds. The van der Waals surface area contributed by atoms with Crippen LogP contribution >= 0.6 is 0 Å². The van der Waals surface area contributed by atoms with Crippen LogP contribution in [0.1, 0.15) is 11.5 Å². The van der Waals surface area contributed by atoms with Crippen molar-refractivity contribution in [2.75, 3.05) is 20.4 Å². The van der Waals surface area contributed by atoms with Gasteiger partial charge in [-0.1, -0.05) is 0 Å². The van der Waals surface area contributed by atoms with Crippen molar-refractivity contribution in [3.05, 3.63) is 17.7 Å². The molecule has 0 aliphatic carbocycles. The maximum atomic E-state index is 11.2. The van der Waals surface area contributed by atoms with Gasteiger partial charge in [-0.15, -0.1) is 0 Å². The van der Waals surface area contributed by atoms with Crippen LogP contribution < -0.4 is 19.9 Å². The van der Waals surface area contributed by atoms with E-state index in [0.29, 0.717) is 22.8 Å². The fourth-order valence-corrected chi connectivity index (χ4v) is 1.83. The number of aliphatic carboxylic acids is 1. The smallest absolute Gasteiger partial charge is 0.312 e. The molecule has 0 radical (unpaired) electrons. The van der Waals surface area contributed by atoms with E-state index in [1.54, 1.807) is 12.1 Å². The van der Waals surface area contributed by atoms with Gasteiger partial charge in [-0.05, 0) is 12.1 Å². The second kappa shape index (κ2) is 4.50. The zero-order chi connectivity index (χ0) is 12.4. The van der Waals surface area contributed by atoms with Crippen LogP contribution in [0.4, 0.5) is 0 Å². The Balaban J connectivity index is 2.56. The summed E-state index contributed by atoms with van der Waals surface area (Å²) in [5.41, 5.74) is 5.92. The molecular formula is C11H13NO5. The summed E-state index contributed by atoms with van der Waals surface area (Å²) in [6.07, 6.45) is 0. The molecule has 92 valence electrons. The number of hydrogen-bond acceptors (Lipinski definition) is 5. The van der Waals surface area contributed by atoms with Crippen LogP contribution in [0.5, 0.6) is 17.2 Å². The summed E-state index contributed by atoms with van der Waals surface area (Å²) in [5, 5.41) is 9.15. The summed E-state index contributed by atoms with van der Waals surface area (Å²) in [7, 11) is 1.47. The largest absolute Gasteiger partial charge is 0.496 e. The molecule has 3 N–H and O–H groups in total. The molecule has 0 aromatic heterocycles. The predicted octanol–water partition coefficient (Wildman–Crippen LogP) is 0.551. The van der Waals surface area contributed by atoms with Gasteiger partial charge in [0.2, 0.25) is 6.79 Å². The summed E-state index contributed by atoms with van der Waals surface area (Å²) < 4.78 is 15.6. The second-order valence-electron chi connectivity index (χ2n) is 3.54. The first-order valence-corrected chi connectivity index (χ1v) is 5.08. The molecule has 1 unspecified atom stereocenters. The summed E-state index contributed by atoms with van der Waals surface area (Å²) in [5.74, 6) is -0.536. The van der Waals surface area contributed by atoms with Crippen molar-refractivity contribution in [3.63, 3.8) is 0 Å². The van der Waals surface area contributed by atoms with E-state index in [1.165, 1.54) is 7.11 Å². The van der Waals surface area contributed by atoms with Gasteiger partial charge in [-0.3, -0.25) is 4.79 Å². The van der Waals surface area contributed by atoms with Crippen molar-refractivity contribution in [2.45, 2.75) is 5.92 Å². The van der Waals surface area contributed by atoms with E-state index in [0.717, 1.165) is 0 Å².